The minimum Gasteiger partial charge on any atom is -0.491 e. The van der Waals surface area contributed by atoms with Crippen LogP contribution in [0.4, 0.5) is 0 Å². The molecule has 1 heterocycles. The molecule has 0 bridgehead atoms. The Morgan fingerprint density at radius 3 is 2.83 bits per heavy atom. The number of benzene rings is 1. The molecule has 1 fully saturated rings. The van der Waals surface area contributed by atoms with Crippen molar-refractivity contribution in [2.45, 2.75) is 52.7 Å². The fourth-order valence-electron chi connectivity index (χ4n) is 4.80. The molecular formula is C23H29NO4S. The summed E-state index contributed by atoms with van der Waals surface area (Å²) in [6.07, 6.45) is 0.145. The van der Waals surface area contributed by atoms with Crippen LogP contribution in [-0.4, -0.2) is 35.4 Å². The molecule has 1 saturated carbocycles. The lowest BCUT2D eigenvalue weighted by atomic mass is 9.95. The molecule has 4 rings (SSSR count). The first-order valence-electron chi connectivity index (χ1n) is 10.2. The molecule has 1 aromatic heterocycles. The molecule has 0 aliphatic heterocycles. The maximum absolute atomic E-state index is 12.9. The molecule has 156 valence electrons. The Balaban J connectivity index is 1.39. The predicted molar refractivity (Wildman–Crippen MR) is 114 cm³/mol. The number of aryl methyl sites for hydroxylation is 2. The van der Waals surface area contributed by atoms with Crippen LogP contribution in [0.25, 0.3) is 0 Å². The third-order valence-electron chi connectivity index (χ3n) is 6.56. The van der Waals surface area contributed by atoms with Crippen molar-refractivity contribution in [3.63, 3.8) is 0 Å². The maximum atomic E-state index is 12.9. The highest BCUT2D eigenvalue weighted by molar-refractivity contribution is 7.14. The first-order chi connectivity index (χ1) is 13.7. The van der Waals surface area contributed by atoms with Gasteiger partial charge in [-0.15, -0.1) is 11.3 Å². The van der Waals surface area contributed by atoms with Crippen molar-refractivity contribution in [2.24, 2.45) is 11.3 Å². The molecule has 1 amide bonds. The number of ether oxygens (including phenoxy) is 1. The Kier molecular flexibility index (Phi) is 5.21. The molecular weight excluding hydrogens is 386 g/mol. The van der Waals surface area contributed by atoms with Gasteiger partial charge in [0.05, 0.1) is 11.5 Å². The minimum absolute atomic E-state index is 0.0162. The molecule has 1 aromatic carbocycles. The lowest BCUT2D eigenvalue weighted by Gasteiger charge is -2.13. The summed E-state index contributed by atoms with van der Waals surface area (Å²) >= 11 is 1.63. The van der Waals surface area contributed by atoms with E-state index < -0.39 is 6.10 Å². The quantitative estimate of drug-likeness (QED) is 0.648. The summed E-state index contributed by atoms with van der Waals surface area (Å²) in [7, 11) is 0. The summed E-state index contributed by atoms with van der Waals surface area (Å²) < 4.78 is 5.53. The highest BCUT2D eigenvalue weighted by Gasteiger charge is 2.63. The van der Waals surface area contributed by atoms with E-state index in [1.165, 1.54) is 16.0 Å². The molecule has 5 nitrogen and oxygen atoms in total. The van der Waals surface area contributed by atoms with E-state index in [-0.39, 0.29) is 19.1 Å². The zero-order valence-corrected chi connectivity index (χ0v) is 18.2. The molecule has 0 radical (unpaired) electrons. The van der Waals surface area contributed by atoms with Gasteiger partial charge >= 0.3 is 0 Å². The molecule has 2 aliphatic rings. The molecule has 2 aliphatic carbocycles. The summed E-state index contributed by atoms with van der Waals surface area (Å²) in [4.78, 5) is 15.0. The smallest absolute Gasteiger partial charge is 0.261 e. The zero-order chi connectivity index (χ0) is 20.9. The van der Waals surface area contributed by atoms with Crippen LogP contribution in [0, 0.1) is 25.2 Å². The van der Waals surface area contributed by atoms with Crippen LogP contribution in [0.2, 0.25) is 0 Å². The number of aliphatic hydroxyl groups excluding tert-OH is 2. The number of hydrogen-bond donors (Lipinski definition) is 3. The average Bonchev–Trinajstić information content (AvgIpc) is 3.02. The second kappa shape index (κ2) is 7.42. The van der Waals surface area contributed by atoms with Crippen LogP contribution < -0.4 is 10.1 Å². The van der Waals surface area contributed by atoms with Crippen LogP contribution in [0.1, 0.15) is 56.6 Å². The molecule has 29 heavy (non-hydrogen) atoms. The van der Waals surface area contributed by atoms with Gasteiger partial charge in [-0.2, -0.15) is 0 Å². The summed E-state index contributed by atoms with van der Waals surface area (Å²) in [5.41, 5.74) is 5.04. The van der Waals surface area contributed by atoms with Crippen LogP contribution in [0.15, 0.2) is 18.2 Å². The summed E-state index contributed by atoms with van der Waals surface area (Å²) in [5.74, 6) is 2.02. The third kappa shape index (κ3) is 3.58. The van der Waals surface area contributed by atoms with E-state index in [9.17, 15) is 9.90 Å². The number of rotatable bonds is 7. The van der Waals surface area contributed by atoms with Crippen LogP contribution >= 0.6 is 11.3 Å². The second-order valence-corrected chi connectivity index (χ2v) is 10.1. The van der Waals surface area contributed by atoms with Gasteiger partial charge in [-0.25, -0.2) is 0 Å². The van der Waals surface area contributed by atoms with Gasteiger partial charge in [0.1, 0.15) is 18.5 Å². The largest absolute Gasteiger partial charge is 0.491 e. The topological polar surface area (TPSA) is 78.8 Å². The normalized spacial score (nSPS) is 22.0. The molecule has 3 N–H and O–H groups in total. The number of thiophene rings is 1. The van der Waals surface area contributed by atoms with Crippen LogP contribution in [0.3, 0.4) is 0 Å². The number of carbonyl (C=O) groups is 1. The second-order valence-electron chi connectivity index (χ2n) is 8.92. The Morgan fingerprint density at radius 1 is 1.38 bits per heavy atom. The first-order valence-corrected chi connectivity index (χ1v) is 11.0. The molecule has 0 spiro atoms. The Bertz CT molecular complexity index is 949. The van der Waals surface area contributed by atoms with Crippen molar-refractivity contribution < 1.29 is 19.7 Å². The van der Waals surface area contributed by atoms with Gasteiger partial charge in [0.25, 0.3) is 5.91 Å². The van der Waals surface area contributed by atoms with Crippen LogP contribution in [-0.2, 0) is 13.0 Å². The van der Waals surface area contributed by atoms with Crippen molar-refractivity contribution in [3.8, 4) is 5.75 Å². The summed E-state index contributed by atoms with van der Waals surface area (Å²) in [6.45, 7) is 8.93. The third-order valence-corrected chi connectivity index (χ3v) is 7.72. The van der Waals surface area contributed by atoms with Crippen molar-refractivity contribution in [1.29, 1.82) is 0 Å². The van der Waals surface area contributed by atoms with Gasteiger partial charge in [-0.05, 0) is 65.8 Å². The standard InChI is InChI=1S/C23H29NO4S/c1-12-7-14(5-6-18(12)28-11-15(26)10-25)9-24-22(27)21-16-8-17-20(23(17,3)4)19(16)13(2)29-21/h5-7,15,17,20,25-26H,8-11H2,1-4H3,(H,24,27)/t15-,17-,20-/m1/s1. The first kappa shape index (κ1) is 20.4. The molecule has 0 saturated heterocycles. The van der Waals surface area contributed by atoms with E-state index in [4.69, 9.17) is 9.84 Å². The molecule has 2 aromatic rings. The van der Waals surface area contributed by atoms with E-state index in [0.717, 1.165) is 22.4 Å². The monoisotopic (exact) mass is 415 g/mol. The number of aliphatic hydroxyl groups is 2. The average molecular weight is 416 g/mol. The van der Waals surface area contributed by atoms with Gasteiger partial charge in [0.15, 0.2) is 0 Å². The van der Waals surface area contributed by atoms with E-state index >= 15 is 0 Å². The van der Waals surface area contributed by atoms with Gasteiger partial charge < -0.3 is 20.3 Å². The zero-order valence-electron chi connectivity index (χ0n) is 17.4. The van der Waals surface area contributed by atoms with Crippen LogP contribution in [0.5, 0.6) is 5.75 Å². The fourth-order valence-corrected chi connectivity index (χ4v) is 5.95. The van der Waals surface area contributed by atoms with E-state index in [2.05, 4.69) is 26.1 Å². The lowest BCUT2D eigenvalue weighted by Crippen LogP contribution is -2.23. The Hall–Kier alpha value is -1.89. The molecule has 0 unspecified atom stereocenters. The van der Waals surface area contributed by atoms with Gasteiger partial charge in [0, 0.05) is 11.4 Å². The molecule has 6 heteroatoms. The van der Waals surface area contributed by atoms with Gasteiger partial charge in [0.2, 0.25) is 0 Å². The van der Waals surface area contributed by atoms with E-state index in [1.54, 1.807) is 11.3 Å². The van der Waals surface area contributed by atoms with Crippen molar-refractivity contribution in [1.82, 2.24) is 5.32 Å². The fraction of sp³-hybridized carbons (Fsp3) is 0.522. The van der Waals surface area contributed by atoms with Crippen molar-refractivity contribution in [2.75, 3.05) is 13.2 Å². The van der Waals surface area contributed by atoms with Gasteiger partial charge in [-0.3, -0.25) is 4.79 Å². The summed E-state index contributed by atoms with van der Waals surface area (Å²) in [5, 5.41) is 21.4. The number of carbonyl (C=O) groups excluding carboxylic acids is 1. The molecule has 3 atom stereocenters. The Morgan fingerprint density at radius 2 is 2.14 bits per heavy atom. The summed E-state index contributed by atoms with van der Waals surface area (Å²) in [6, 6.07) is 5.72. The van der Waals surface area contributed by atoms with Crippen molar-refractivity contribution in [3.05, 3.63) is 50.2 Å². The van der Waals surface area contributed by atoms with Crippen molar-refractivity contribution >= 4 is 17.2 Å². The highest BCUT2D eigenvalue weighted by atomic mass is 32.1. The Labute approximate surface area is 175 Å². The number of hydrogen-bond acceptors (Lipinski definition) is 5. The number of amides is 1. The predicted octanol–water partition coefficient (Wildman–Crippen LogP) is 3.32. The lowest BCUT2D eigenvalue weighted by molar-refractivity contribution is 0.0534. The van der Waals surface area contributed by atoms with E-state index in [0.29, 0.717) is 29.5 Å². The van der Waals surface area contributed by atoms with Gasteiger partial charge in [-0.1, -0.05) is 26.0 Å². The highest BCUT2D eigenvalue weighted by Crippen LogP contribution is 2.71. The maximum Gasteiger partial charge on any atom is 0.261 e. The van der Waals surface area contributed by atoms with E-state index in [1.807, 2.05) is 25.1 Å². The number of nitrogens with one attached hydrogen (secondary N) is 1. The minimum atomic E-state index is -0.888. The number of fused-ring (bicyclic) bond motifs is 3. The SMILES string of the molecule is Cc1cc(CNC(=O)c2sc(C)c3c2C[C@@H]2[C@H]3C2(C)C)ccc1OC[C@H](O)CO.